The number of amides is 2. The van der Waals surface area contributed by atoms with Gasteiger partial charge in [-0.25, -0.2) is 4.98 Å². The fourth-order valence-corrected chi connectivity index (χ4v) is 4.07. The molecule has 0 fully saturated rings. The topological polar surface area (TPSA) is 76.0 Å². The van der Waals surface area contributed by atoms with Gasteiger partial charge in [0.25, 0.3) is 5.91 Å². The van der Waals surface area contributed by atoms with Gasteiger partial charge in [-0.2, -0.15) is 0 Å². The van der Waals surface area contributed by atoms with Crippen LogP contribution in [0.1, 0.15) is 22.8 Å². The molecule has 0 aliphatic carbocycles. The Kier molecular flexibility index (Phi) is 5.90. The zero-order valence-corrected chi connectivity index (χ0v) is 17.4. The highest BCUT2D eigenvalue weighted by molar-refractivity contribution is 7.20. The second-order valence-corrected chi connectivity index (χ2v) is 8.00. The molecule has 152 valence electrons. The van der Waals surface area contributed by atoms with Crippen LogP contribution in [0.2, 0.25) is 0 Å². The van der Waals surface area contributed by atoms with E-state index >= 15 is 0 Å². The first-order valence-corrected chi connectivity index (χ1v) is 10.6. The minimum atomic E-state index is -0.624. The van der Waals surface area contributed by atoms with Crippen LogP contribution in [0.15, 0.2) is 73.1 Å². The van der Waals surface area contributed by atoms with Gasteiger partial charge in [0.2, 0.25) is 5.91 Å². The standard InChI is InChI=1S/C23H22N4O2S/c1-16(21(28)24-12-11-17-7-3-2-4-8-17)25-22(29)18-9-10-19-20(15-18)30-23(26-19)27-13-5-6-14-27/h2-10,13-16H,11-12H2,1H3,(H,24,28)(H,25,29). The number of hydrogen-bond acceptors (Lipinski definition) is 4. The summed E-state index contributed by atoms with van der Waals surface area (Å²) in [5, 5.41) is 6.49. The van der Waals surface area contributed by atoms with E-state index in [4.69, 9.17) is 0 Å². The number of thiazole rings is 1. The van der Waals surface area contributed by atoms with E-state index in [1.807, 2.05) is 71.6 Å². The van der Waals surface area contributed by atoms with E-state index in [0.717, 1.165) is 27.3 Å². The lowest BCUT2D eigenvalue weighted by Gasteiger charge is -2.14. The summed E-state index contributed by atoms with van der Waals surface area (Å²) in [6, 6.07) is 18.6. The van der Waals surface area contributed by atoms with E-state index in [1.54, 1.807) is 13.0 Å². The number of aromatic nitrogens is 2. The number of hydrogen-bond donors (Lipinski definition) is 2. The molecule has 30 heavy (non-hydrogen) atoms. The highest BCUT2D eigenvalue weighted by atomic mass is 32.1. The fraction of sp³-hybridized carbons (Fsp3) is 0.174. The Labute approximate surface area is 178 Å². The monoisotopic (exact) mass is 418 g/mol. The molecular formula is C23H22N4O2S. The second-order valence-electron chi connectivity index (χ2n) is 6.99. The molecule has 0 aliphatic rings. The first-order valence-electron chi connectivity index (χ1n) is 9.76. The van der Waals surface area contributed by atoms with Crippen molar-refractivity contribution in [2.24, 2.45) is 0 Å². The van der Waals surface area contributed by atoms with E-state index in [0.29, 0.717) is 12.1 Å². The molecule has 4 aromatic rings. The molecule has 2 N–H and O–H groups in total. The van der Waals surface area contributed by atoms with Crippen LogP contribution in [0.4, 0.5) is 0 Å². The number of carbonyl (C=O) groups is 2. The summed E-state index contributed by atoms with van der Waals surface area (Å²) in [6.45, 7) is 2.21. The molecule has 1 atom stereocenters. The Bertz CT molecular complexity index is 1150. The van der Waals surface area contributed by atoms with Crippen LogP contribution in [-0.2, 0) is 11.2 Å². The first-order chi connectivity index (χ1) is 14.6. The minimum Gasteiger partial charge on any atom is -0.354 e. The molecule has 7 heteroatoms. The summed E-state index contributed by atoms with van der Waals surface area (Å²) in [7, 11) is 0. The van der Waals surface area contributed by atoms with Gasteiger partial charge in [-0.05, 0) is 49.2 Å². The van der Waals surface area contributed by atoms with Crippen LogP contribution in [0.25, 0.3) is 15.3 Å². The van der Waals surface area contributed by atoms with E-state index in [2.05, 4.69) is 15.6 Å². The van der Waals surface area contributed by atoms with Crippen LogP contribution in [0, 0.1) is 0 Å². The molecule has 2 aromatic heterocycles. The highest BCUT2D eigenvalue weighted by Gasteiger charge is 2.17. The van der Waals surface area contributed by atoms with Crippen LogP contribution < -0.4 is 10.6 Å². The molecule has 6 nitrogen and oxygen atoms in total. The van der Waals surface area contributed by atoms with Gasteiger partial charge in [0.1, 0.15) is 6.04 Å². The minimum absolute atomic E-state index is 0.201. The third-order valence-electron chi connectivity index (χ3n) is 4.76. The number of nitrogens with zero attached hydrogens (tertiary/aromatic N) is 2. The van der Waals surface area contributed by atoms with E-state index < -0.39 is 6.04 Å². The van der Waals surface area contributed by atoms with Gasteiger partial charge in [0.15, 0.2) is 5.13 Å². The first kappa shape index (κ1) is 19.8. The Hall–Kier alpha value is -3.45. The second kappa shape index (κ2) is 8.92. The predicted molar refractivity (Wildman–Crippen MR) is 119 cm³/mol. The zero-order chi connectivity index (χ0) is 20.9. The normalized spacial score (nSPS) is 11.9. The van der Waals surface area contributed by atoms with Crippen molar-refractivity contribution in [3.63, 3.8) is 0 Å². The summed E-state index contributed by atoms with van der Waals surface area (Å²) >= 11 is 1.51. The lowest BCUT2D eigenvalue weighted by molar-refractivity contribution is -0.122. The average molecular weight is 419 g/mol. The molecule has 0 aliphatic heterocycles. The molecule has 4 rings (SSSR count). The maximum atomic E-state index is 12.6. The summed E-state index contributed by atoms with van der Waals surface area (Å²) < 4.78 is 2.86. The van der Waals surface area contributed by atoms with Gasteiger partial charge in [0, 0.05) is 24.5 Å². The smallest absolute Gasteiger partial charge is 0.251 e. The van der Waals surface area contributed by atoms with Crippen molar-refractivity contribution >= 4 is 33.4 Å². The average Bonchev–Trinajstić information content (AvgIpc) is 3.43. The van der Waals surface area contributed by atoms with Gasteiger partial charge >= 0.3 is 0 Å². The fourth-order valence-electron chi connectivity index (χ4n) is 3.10. The molecule has 0 bridgehead atoms. The van der Waals surface area contributed by atoms with Gasteiger partial charge in [0.05, 0.1) is 10.2 Å². The highest BCUT2D eigenvalue weighted by Crippen LogP contribution is 2.26. The predicted octanol–water partition coefficient (Wildman–Crippen LogP) is 3.56. The maximum absolute atomic E-state index is 12.6. The number of carbonyl (C=O) groups excluding carboxylic acids is 2. The Morgan fingerprint density at radius 1 is 1.07 bits per heavy atom. The molecule has 2 heterocycles. The van der Waals surface area contributed by atoms with Crippen molar-refractivity contribution in [1.29, 1.82) is 0 Å². The molecule has 0 saturated carbocycles. The summed E-state index contributed by atoms with van der Waals surface area (Å²) in [5.41, 5.74) is 2.51. The largest absolute Gasteiger partial charge is 0.354 e. The lowest BCUT2D eigenvalue weighted by Crippen LogP contribution is -2.45. The quantitative estimate of drug-likeness (QED) is 0.482. The van der Waals surface area contributed by atoms with Crippen molar-refractivity contribution < 1.29 is 9.59 Å². The number of fused-ring (bicyclic) bond motifs is 1. The van der Waals surface area contributed by atoms with Gasteiger partial charge in [-0.1, -0.05) is 41.7 Å². The third-order valence-corrected chi connectivity index (χ3v) is 5.79. The number of nitrogens with one attached hydrogen (secondary N) is 2. The molecule has 0 spiro atoms. The summed E-state index contributed by atoms with van der Waals surface area (Å²) in [6.07, 6.45) is 4.62. The Morgan fingerprint density at radius 3 is 2.60 bits per heavy atom. The van der Waals surface area contributed by atoms with Crippen molar-refractivity contribution in [2.75, 3.05) is 6.54 Å². The van der Waals surface area contributed by atoms with E-state index in [1.165, 1.54) is 11.3 Å². The Balaban J connectivity index is 1.35. The summed E-state index contributed by atoms with van der Waals surface area (Å²) in [5.74, 6) is -0.480. The maximum Gasteiger partial charge on any atom is 0.251 e. The van der Waals surface area contributed by atoms with Crippen LogP contribution in [0.5, 0.6) is 0 Å². The van der Waals surface area contributed by atoms with Gasteiger partial charge in [-0.15, -0.1) is 0 Å². The van der Waals surface area contributed by atoms with Crippen molar-refractivity contribution in [3.8, 4) is 5.13 Å². The SMILES string of the molecule is CC(NC(=O)c1ccc2nc(-n3cccc3)sc2c1)C(=O)NCCc1ccccc1. The lowest BCUT2D eigenvalue weighted by atomic mass is 10.1. The molecule has 2 aromatic carbocycles. The van der Waals surface area contributed by atoms with Crippen molar-refractivity contribution in [1.82, 2.24) is 20.2 Å². The van der Waals surface area contributed by atoms with Crippen molar-refractivity contribution in [2.45, 2.75) is 19.4 Å². The molecule has 0 saturated heterocycles. The number of rotatable bonds is 7. The zero-order valence-electron chi connectivity index (χ0n) is 16.5. The van der Waals surface area contributed by atoms with Crippen LogP contribution >= 0.6 is 11.3 Å². The molecule has 1 unspecified atom stereocenters. The Morgan fingerprint density at radius 2 is 1.83 bits per heavy atom. The molecule has 0 radical (unpaired) electrons. The van der Waals surface area contributed by atoms with E-state index in [-0.39, 0.29) is 11.8 Å². The molecule has 2 amide bonds. The van der Waals surface area contributed by atoms with E-state index in [9.17, 15) is 9.59 Å². The van der Waals surface area contributed by atoms with Crippen molar-refractivity contribution in [3.05, 3.63) is 84.2 Å². The van der Waals surface area contributed by atoms with Gasteiger partial charge < -0.3 is 15.2 Å². The number of benzene rings is 2. The van der Waals surface area contributed by atoms with Crippen LogP contribution in [-0.4, -0.2) is 34.0 Å². The van der Waals surface area contributed by atoms with Gasteiger partial charge in [-0.3, -0.25) is 9.59 Å². The van der Waals surface area contributed by atoms with Crippen LogP contribution in [0.3, 0.4) is 0 Å². The summed E-state index contributed by atoms with van der Waals surface area (Å²) in [4.78, 5) is 29.5. The molecular weight excluding hydrogens is 396 g/mol. The third kappa shape index (κ3) is 4.58.